The first-order valence-corrected chi connectivity index (χ1v) is 7.38. The van der Waals surface area contributed by atoms with E-state index in [-0.39, 0.29) is 6.10 Å². The number of rotatable bonds is 2. The summed E-state index contributed by atoms with van der Waals surface area (Å²) in [7, 11) is 0. The molecule has 1 atom stereocenters. The fourth-order valence-electron chi connectivity index (χ4n) is 1.86. The molecule has 1 aromatic rings. The van der Waals surface area contributed by atoms with Crippen LogP contribution in [0.2, 0.25) is 0 Å². The second-order valence-corrected chi connectivity index (χ2v) is 5.46. The molecule has 4 nitrogen and oxygen atoms in total. The number of nitrogen functional groups attached to an aromatic ring is 1. The van der Waals surface area contributed by atoms with Crippen molar-refractivity contribution in [3.8, 4) is 0 Å². The van der Waals surface area contributed by atoms with Crippen LogP contribution in [0, 0.1) is 0 Å². The maximum atomic E-state index is 5.85. The van der Waals surface area contributed by atoms with E-state index in [0.29, 0.717) is 5.82 Å². The standard InChI is InChI=1S/C10H17N3OS2/c1-7-6-13(4-3-5-14-7)10-8(15-2)9(11)12-16-10/h7H,3-6H2,1-2H3,(H2,11,12). The van der Waals surface area contributed by atoms with Crippen LogP contribution in [0.15, 0.2) is 4.90 Å². The Bertz CT molecular complexity index is 356. The van der Waals surface area contributed by atoms with Crippen molar-refractivity contribution in [2.45, 2.75) is 24.3 Å². The average Bonchev–Trinajstić information content (AvgIpc) is 2.49. The minimum absolute atomic E-state index is 0.278. The Kier molecular flexibility index (Phi) is 3.94. The maximum Gasteiger partial charge on any atom is 0.153 e. The van der Waals surface area contributed by atoms with E-state index < -0.39 is 0 Å². The monoisotopic (exact) mass is 259 g/mol. The second kappa shape index (κ2) is 5.25. The summed E-state index contributed by atoms with van der Waals surface area (Å²) in [6.07, 6.45) is 3.39. The van der Waals surface area contributed by atoms with Crippen LogP contribution in [0.3, 0.4) is 0 Å². The van der Waals surface area contributed by atoms with Crippen molar-refractivity contribution in [3.63, 3.8) is 0 Å². The van der Waals surface area contributed by atoms with Gasteiger partial charge in [0.25, 0.3) is 0 Å². The minimum Gasteiger partial charge on any atom is -0.382 e. The molecule has 0 aliphatic carbocycles. The molecule has 0 saturated carbocycles. The summed E-state index contributed by atoms with van der Waals surface area (Å²) >= 11 is 3.16. The van der Waals surface area contributed by atoms with Crippen molar-refractivity contribution in [2.75, 3.05) is 36.6 Å². The Balaban J connectivity index is 2.21. The molecule has 16 heavy (non-hydrogen) atoms. The van der Waals surface area contributed by atoms with Gasteiger partial charge in [-0.1, -0.05) is 0 Å². The number of nitrogens with two attached hydrogens (primary N) is 1. The molecule has 0 bridgehead atoms. The lowest BCUT2D eigenvalue weighted by Gasteiger charge is -2.23. The zero-order valence-corrected chi connectivity index (χ0v) is 11.2. The van der Waals surface area contributed by atoms with Crippen LogP contribution in [0.25, 0.3) is 0 Å². The summed E-state index contributed by atoms with van der Waals surface area (Å²) in [5.41, 5.74) is 5.85. The van der Waals surface area contributed by atoms with Gasteiger partial charge in [-0.05, 0) is 31.1 Å². The van der Waals surface area contributed by atoms with E-state index in [9.17, 15) is 0 Å². The zero-order valence-electron chi connectivity index (χ0n) is 9.60. The van der Waals surface area contributed by atoms with Crippen LogP contribution in [0.4, 0.5) is 10.8 Å². The first-order valence-electron chi connectivity index (χ1n) is 5.38. The molecular weight excluding hydrogens is 242 g/mol. The lowest BCUT2D eigenvalue weighted by molar-refractivity contribution is 0.0821. The van der Waals surface area contributed by atoms with Gasteiger partial charge in [0.2, 0.25) is 0 Å². The van der Waals surface area contributed by atoms with Gasteiger partial charge >= 0.3 is 0 Å². The van der Waals surface area contributed by atoms with Gasteiger partial charge in [0.15, 0.2) is 5.82 Å². The Labute approximate surface area is 104 Å². The molecular formula is C10H17N3OS2. The molecule has 2 heterocycles. The zero-order chi connectivity index (χ0) is 11.5. The van der Waals surface area contributed by atoms with Gasteiger partial charge in [0, 0.05) is 19.7 Å². The minimum atomic E-state index is 0.278. The van der Waals surface area contributed by atoms with Gasteiger partial charge in [0.05, 0.1) is 11.0 Å². The second-order valence-electron chi connectivity index (χ2n) is 3.89. The Morgan fingerprint density at radius 1 is 1.62 bits per heavy atom. The van der Waals surface area contributed by atoms with E-state index in [1.165, 1.54) is 16.5 Å². The lowest BCUT2D eigenvalue weighted by atomic mass is 10.3. The summed E-state index contributed by atoms with van der Waals surface area (Å²) in [4.78, 5) is 3.46. The molecule has 0 aromatic carbocycles. The van der Waals surface area contributed by atoms with Crippen molar-refractivity contribution in [1.82, 2.24) is 4.37 Å². The van der Waals surface area contributed by atoms with E-state index >= 15 is 0 Å². The fraction of sp³-hybridized carbons (Fsp3) is 0.700. The molecule has 6 heteroatoms. The van der Waals surface area contributed by atoms with Crippen molar-refractivity contribution in [2.24, 2.45) is 0 Å². The number of thioether (sulfide) groups is 1. The molecule has 1 aliphatic heterocycles. The summed E-state index contributed by atoms with van der Waals surface area (Å²) in [6, 6.07) is 0. The Morgan fingerprint density at radius 3 is 3.19 bits per heavy atom. The molecule has 1 aliphatic rings. The highest BCUT2D eigenvalue weighted by Crippen LogP contribution is 2.37. The lowest BCUT2D eigenvalue weighted by Crippen LogP contribution is -2.29. The van der Waals surface area contributed by atoms with E-state index in [4.69, 9.17) is 10.5 Å². The third kappa shape index (κ3) is 2.44. The van der Waals surface area contributed by atoms with Gasteiger partial charge in [-0.3, -0.25) is 0 Å². The molecule has 1 aromatic heterocycles. The van der Waals surface area contributed by atoms with Gasteiger partial charge in [-0.15, -0.1) is 11.8 Å². The first kappa shape index (κ1) is 12.0. The van der Waals surface area contributed by atoms with Gasteiger partial charge in [-0.25, -0.2) is 0 Å². The van der Waals surface area contributed by atoms with Crippen molar-refractivity contribution in [3.05, 3.63) is 0 Å². The Hall–Kier alpha value is -0.460. The fourth-order valence-corrected chi connectivity index (χ4v) is 3.58. The summed E-state index contributed by atoms with van der Waals surface area (Å²) in [5.74, 6) is 0.658. The van der Waals surface area contributed by atoms with Gasteiger partial charge < -0.3 is 15.4 Å². The first-order chi connectivity index (χ1) is 7.72. The van der Waals surface area contributed by atoms with E-state index in [0.717, 1.165) is 31.0 Å². The van der Waals surface area contributed by atoms with Crippen LogP contribution in [-0.4, -0.2) is 36.4 Å². The highest BCUT2D eigenvalue weighted by molar-refractivity contribution is 7.99. The molecule has 0 amide bonds. The Morgan fingerprint density at radius 2 is 2.44 bits per heavy atom. The molecule has 90 valence electrons. The number of aromatic nitrogens is 1. The van der Waals surface area contributed by atoms with E-state index in [2.05, 4.69) is 16.2 Å². The van der Waals surface area contributed by atoms with E-state index in [1.54, 1.807) is 11.8 Å². The SMILES string of the molecule is CSc1c(N)nsc1N1CCCOC(C)C1. The van der Waals surface area contributed by atoms with E-state index in [1.807, 2.05) is 6.26 Å². The molecule has 1 fully saturated rings. The average molecular weight is 259 g/mol. The van der Waals surface area contributed by atoms with Crippen LogP contribution in [0.1, 0.15) is 13.3 Å². The maximum absolute atomic E-state index is 5.85. The van der Waals surface area contributed by atoms with Crippen molar-refractivity contribution in [1.29, 1.82) is 0 Å². The summed E-state index contributed by atoms with van der Waals surface area (Å²) in [6.45, 7) is 4.91. The molecule has 2 N–H and O–H groups in total. The van der Waals surface area contributed by atoms with Gasteiger partial charge in [0.1, 0.15) is 5.00 Å². The molecule has 2 rings (SSSR count). The number of hydrogen-bond donors (Lipinski definition) is 1. The largest absolute Gasteiger partial charge is 0.382 e. The third-order valence-electron chi connectivity index (χ3n) is 2.60. The van der Waals surface area contributed by atoms with Crippen LogP contribution in [0.5, 0.6) is 0 Å². The number of nitrogens with zero attached hydrogens (tertiary/aromatic N) is 2. The highest BCUT2D eigenvalue weighted by atomic mass is 32.2. The predicted octanol–water partition coefficient (Wildman–Crippen LogP) is 2.06. The summed E-state index contributed by atoms with van der Waals surface area (Å²) < 4.78 is 9.87. The molecule has 0 radical (unpaired) electrons. The molecule has 1 unspecified atom stereocenters. The third-order valence-corrected chi connectivity index (χ3v) is 4.46. The summed E-state index contributed by atoms with van der Waals surface area (Å²) in [5, 5.41) is 1.20. The van der Waals surface area contributed by atoms with Crippen molar-refractivity contribution < 1.29 is 4.74 Å². The van der Waals surface area contributed by atoms with Crippen molar-refractivity contribution >= 4 is 34.1 Å². The number of anilines is 2. The predicted molar refractivity (Wildman–Crippen MR) is 70.6 cm³/mol. The van der Waals surface area contributed by atoms with Crippen LogP contribution in [-0.2, 0) is 4.74 Å². The molecule has 1 saturated heterocycles. The van der Waals surface area contributed by atoms with Gasteiger partial charge in [-0.2, -0.15) is 4.37 Å². The topological polar surface area (TPSA) is 51.4 Å². The highest BCUT2D eigenvalue weighted by Gasteiger charge is 2.21. The molecule has 0 spiro atoms. The van der Waals surface area contributed by atoms with Crippen LogP contribution < -0.4 is 10.6 Å². The van der Waals surface area contributed by atoms with Crippen LogP contribution >= 0.6 is 23.3 Å². The quantitative estimate of drug-likeness (QED) is 0.824. The normalized spacial score (nSPS) is 22.1. The smallest absolute Gasteiger partial charge is 0.153 e. The number of ether oxygens (including phenoxy) is 1. The number of hydrogen-bond acceptors (Lipinski definition) is 6.